The van der Waals surface area contributed by atoms with E-state index in [0.717, 1.165) is 18.4 Å². The molecule has 0 heterocycles. The molecular weight excluding hydrogens is 383 g/mol. The molecule has 0 aliphatic carbocycles. The number of carbonyl (C=O) groups excluding carboxylic acids is 2. The average molecular weight is 415 g/mol. The van der Waals surface area contributed by atoms with E-state index in [0.29, 0.717) is 18.7 Å². The van der Waals surface area contributed by atoms with E-state index in [1.54, 1.807) is 12.1 Å². The Morgan fingerprint density at radius 1 is 1.00 bits per heavy atom. The number of nitrogens with one attached hydrogen (secondary N) is 1. The molecular formula is C24H31FN2O3. The van der Waals surface area contributed by atoms with Crippen molar-refractivity contribution in [3.63, 3.8) is 0 Å². The van der Waals surface area contributed by atoms with Crippen LogP contribution in [-0.4, -0.2) is 35.9 Å². The highest BCUT2D eigenvalue weighted by Crippen LogP contribution is 2.16. The van der Waals surface area contributed by atoms with Gasteiger partial charge in [0.1, 0.15) is 17.6 Å². The monoisotopic (exact) mass is 414 g/mol. The fraction of sp³-hybridized carbons (Fsp3) is 0.417. The lowest BCUT2D eigenvalue weighted by molar-refractivity contribution is -0.143. The number of hydrogen-bond acceptors (Lipinski definition) is 3. The molecule has 0 saturated heterocycles. The van der Waals surface area contributed by atoms with Crippen molar-refractivity contribution >= 4 is 11.8 Å². The van der Waals surface area contributed by atoms with Crippen molar-refractivity contribution in [3.8, 4) is 5.75 Å². The van der Waals surface area contributed by atoms with Crippen LogP contribution in [0.5, 0.6) is 5.75 Å². The minimum atomic E-state index is -0.625. The Morgan fingerprint density at radius 3 is 2.20 bits per heavy atom. The SMILES string of the molecule is CCCNC(=O)[C@@H](CC)N(Cc1ccc(F)cc1)C(=O)COc1ccc(CC)cc1. The van der Waals surface area contributed by atoms with Crippen molar-refractivity contribution < 1.29 is 18.7 Å². The molecule has 0 aromatic heterocycles. The number of benzene rings is 2. The van der Waals surface area contributed by atoms with Gasteiger partial charge in [0, 0.05) is 13.1 Å². The maximum atomic E-state index is 13.3. The highest BCUT2D eigenvalue weighted by molar-refractivity contribution is 5.88. The van der Waals surface area contributed by atoms with Crippen molar-refractivity contribution in [2.24, 2.45) is 0 Å². The van der Waals surface area contributed by atoms with Gasteiger partial charge in [-0.3, -0.25) is 9.59 Å². The number of hydrogen-bond donors (Lipinski definition) is 1. The summed E-state index contributed by atoms with van der Waals surface area (Å²) in [7, 11) is 0. The lowest BCUT2D eigenvalue weighted by Crippen LogP contribution is -2.50. The fourth-order valence-electron chi connectivity index (χ4n) is 3.12. The normalized spacial score (nSPS) is 11.6. The van der Waals surface area contributed by atoms with Gasteiger partial charge in [0.25, 0.3) is 5.91 Å². The Labute approximate surface area is 178 Å². The molecule has 1 atom stereocenters. The lowest BCUT2D eigenvalue weighted by atomic mass is 10.1. The van der Waals surface area contributed by atoms with E-state index in [2.05, 4.69) is 12.2 Å². The number of amides is 2. The summed E-state index contributed by atoms with van der Waals surface area (Å²) >= 11 is 0. The molecule has 0 bridgehead atoms. The molecule has 0 fully saturated rings. The first kappa shape index (κ1) is 23.4. The minimum Gasteiger partial charge on any atom is -0.484 e. The first-order chi connectivity index (χ1) is 14.5. The quantitative estimate of drug-likeness (QED) is 0.602. The molecule has 2 aromatic rings. The van der Waals surface area contributed by atoms with E-state index in [4.69, 9.17) is 4.74 Å². The smallest absolute Gasteiger partial charge is 0.261 e. The highest BCUT2D eigenvalue weighted by atomic mass is 19.1. The van der Waals surface area contributed by atoms with Gasteiger partial charge in [-0.05, 0) is 54.7 Å². The van der Waals surface area contributed by atoms with Gasteiger partial charge < -0.3 is 15.0 Å². The molecule has 0 saturated carbocycles. The zero-order valence-corrected chi connectivity index (χ0v) is 18.0. The van der Waals surface area contributed by atoms with E-state index in [-0.39, 0.29) is 30.8 Å². The van der Waals surface area contributed by atoms with Crippen LogP contribution in [0.4, 0.5) is 4.39 Å². The van der Waals surface area contributed by atoms with E-state index in [1.165, 1.54) is 22.6 Å². The molecule has 0 aliphatic rings. The molecule has 6 heteroatoms. The Bertz CT molecular complexity index is 806. The predicted octanol–water partition coefficient (Wildman–Crippen LogP) is 4.10. The number of aryl methyl sites for hydroxylation is 1. The van der Waals surface area contributed by atoms with Crippen molar-refractivity contribution in [1.29, 1.82) is 0 Å². The number of nitrogens with zero attached hydrogens (tertiary/aromatic N) is 1. The molecule has 0 unspecified atom stereocenters. The summed E-state index contributed by atoms with van der Waals surface area (Å²) in [6.07, 6.45) is 2.20. The molecule has 2 rings (SSSR count). The Morgan fingerprint density at radius 2 is 1.63 bits per heavy atom. The summed E-state index contributed by atoms with van der Waals surface area (Å²) in [5.74, 6) is -0.228. The Hall–Kier alpha value is -2.89. The summed E-state index contributed by atoms with van der Waals surface area (Å²) in [5, 5.41) is 2.87. The second-order valence-corrected chi connectivity index (χ2v) is 7.15. The van der Waals surface area contributed by atoms with Gasteiger partial charge in [0.05, 0.1) is 0 Å². The van der Waals surface area contributed by atoms with E-state index in [9.17, 15) is 14.0 Å². The lowest BCUT2D eigenvalue weighted by Gasteiger charge is -2.30. The van der Waals surface area contributed by atoms with Crippen LogP contribution < -0.4 is 10.1 Å². The van der Waals surface area contributed by atoms with Gasteiger partial charge in [0.2, 0.25) is 5.91 Å². The van der Waals surface area contributed by atoms with Crippen LogP contribution in [0.2, 0.25) is 0 Å². The molecule has 30 heavy (non-hydrogen) atoms. The van der Waals surface area contributed by atoms with E-state index in [1.807, 2.05) is 38.1 Å². The zero-order valence-electron chi connectivity index (χ0n) is 18.0. The number of rotatable bonds is 11. The molecule has 2 aromatic carbocycles. The number of ether oxygens (including phenoxy) is 1. The van der Waals surface area contributed by atoms with Crippen LogP contribution in [0.25, 0.3) is 0 Å². The van der Waals surface area contributed by atoms with Crippen LogP contribution in [0.3, 0.4) is 0 Å². The molecule has 5 nitrogen and oxygen atoms in total. The van der Waals surface area contributed by atoms with Gasteiger partial charge in [-0.2, -0.15) is 0 Å². The zero-order chi connectivity index (χ0) is 21.9. The Kier molecular flexibility index (Phi) is 9.32. The third-order valence-corrected chi connectivity index (χ3v) is 4.90. The van der Waals surface area contributed by atoms with Gasteiger partial charge in [0.15, 0.2) is 6.61 Å². The molecule has 0 radical (unpaired) electrons. The maximum Gasteiger partial charge on any atom is 0.261 e. The van der Waals surface area contributed by atoms with Crippen molar-refractivity contribution in [2.75, 3.05) is 13.2 Å². The summed E-state index contributed by atoms with van der Waals surface area (Å²) in [5.41, 5.74) is 1.93. The molecule has 162 valence electrons. The van der Waals surface area contributed by atoms with Crippen LogP contribution in [0.1, 0.15) is 44.7 Å². The maximum absolute atomic E-state index is 13.3. The second kappa shape index (κ2) is 12.0. The highest BCUT2D eigenvalue weighted by Gasteiger charge is 2.28. The van der Waals surface area contributed by atoms with Crippen LogP contribution in [0, 0.1) is 5.82 Å². The average Bonchev–Trinajstić information content (AvgIpc) is 2.77. The topological polar surface area (TPSA) is 58.6 Å². The van der Waals surface area contributed by atoms with E-state index < -0.39 is 6.04 Å². The van der Waals surface area contributed by atoms with Crippen molar-refractivity contribution in [1.82, 2.24) is 10.2 Å². The summed E-state index contributed by atoms with van der Waals surface area (Å²) in [4.78, 5) is 27.2. The first-order valence-corrected chi connectivity index (χ1v) is 10.5. The van der Waals surface area contributed by atoms with Gasteiger partial charge in [-0.15, -0.1) is 0 Å². The summed E-state index contributed by atoms with van der Waals surface area (Å²) in [6.45, 7) is 6.49. The summed E-state index contributed by atoms with van der Waals surface area (Å²) in [6, 6.07) is 12.9. The van der Waals surface area contributed by atoms with Crippen molar-refractivity contribution in [3.05, 3.63) is 65.5 Å². The van der Waals surface area contributed by atoms with Gasteiger partial charge >= 0.3 is 0 Å². The number of halogens is 1. The van der Waals surface area contributed by atoms with Crippen LogP contribution >= 0.6 is 0 Å². The first-order valence-electron chi connectivity index (χ1n) is 10.5. The Balaban J connectivity index is 2.15. The number of carbonyl (C=O) groups is 2. The molecule has 0 spiro atoms. The minimum absolute atomic E-state index is 0.176. The van der Waals surface area contributed by atoms with Crippen molar-refractivity contribution in [2.45, 2.75) is 52.6 Å². The summed E-state index contributed by atoms with van der Waals surface area (Å²) < 4.78 is 19.0. The fourth-order valence-corrected chi connectivity index (χ4v) is 3.12. The molecule has 2 amide bonds. The van der Waals surface area contributed by atoms with Crippen LogP contribution in [0.15, 0.2) is 48.5 Å². The molecule has 1 N–H and O–H groups in total. The van der Waals surface area contributed by atoms with E-state index >= 15 is 0 Å². The third-order valence-electron chi connectivity index (χ3n) is 4.90. The van der Waals surface area contributed by atoms with Gasteiger partial charge in [-0.25, -0.2) is 4.39 Å². The molecule has 0 aliphatic heterocycles. The third kappa shape index (κ3) is 6.87. The van der Waals surface area contributed by atoms with Crippen LogP contribution in [-0.2, 0) is 22.6 Å². The second-order valence-electron chi connectivity index (χ2n) is 7.15. The largest absolute Gasteiger partial charge is 0.484 e. The standard InChI is InChI=1S/C24H31FN2O3/c1-4-15-26-24(29)22(6-3)27(16-19-7-11-20(25)12-8-19)23(28)17-30-21-13-9-18(5-2)10-14-21/h7-14,22H,4-6,15-17H2,1-3H3,(H,26,29)/t22-/m1/s1. The van der Waals surface area contributed by atoms with Gasteiger partial charge in [-0.1, -0.05) is 45.0 Å². The predicted molar refractivity (Wildman–Crippen MR) is 116 cm³/mol.